The Morgan fingerprint density at radius 2 is 1.40 bits per heavy atom. The van der Waals surface area contributed by atoms with Gasteiger partial charge in [0.25, 0.3) is 0 Å². The standard InChI is InChI=1S/C10H20O2.C6H16NO/c1-2-3-4-5-6-7-8-9-10(11)12;1-5-6(8)7(2,3)4/h2-9H2,1H3,(H,11,12);6,8H,5H2,1-4H3/q;+1. The molecule has 0 aromatic carbocycles. The van der Waals surface area contributed by atoms with Gasteiger partial charge in [0.2, 0.25) is 0 Å². The van der Waals surface area contributed by atoms with Crippen molar-refractivity contribution in [1.82, 2.24) is 0 Å². The predicted molar refractivity (Wildman–Crippen MR) is 84.6 cm³/mol. The van der Waals surface area contributed by atoms with E-state index in [2.05, 4.69) is 6.92 Å². The maximum Gasteiger partial charge on any atom is 0.303 e. The van der Waals surface area contributed by atoms with Crippen LogP contribution in [0.1, 0.15) is 71.6 Å². The fourth-order valence-electron chi connectivity index (χ4n) is 1.78. The van der Waals surface area contributed by atoms with Crippen molar-refractivity contribution in [2.24, 2.45) is 0 Å². The van der Waals surface area contributed by atoms with Crippen LogP contribution in [0.5, 0.6) is 0 Å². The fourth-order valence-corrected chi connectivity index (χ4v) is 1.78. The van der Waals surface area contributed by atoms with Crippen molar-refractivity contribution in [3.05, 3.63) is 0 Å². The van der Waals surface area contributed by atoms with Crippen LogP contribution >= 0.6 is 0 Å². The van der Waals surface area contributed by atoms with Crippen LogP contribution in [0.2, 0.25) is 0 Å². The van der Waals surface area contributed by atoms with E-state index >= 15 is 0 Å². The summed E-state index contributed by atoms with van der Waals surface area (Å²) in [5.41, 5.74) is 0. The van der Waals surface area contributed by atoms with Crippen LogP contribution in [0.15, 0.2) is 0 Å². The van der Waals surface area contributed by atoms with Crippen molar-refractivity contribution in [2.75, 3.05) is 21.1 Å². The van der Waals surface area contributed by atoms with E-state index in [9.17, 15) is 4.79 Å². The molecular weight excluding hydrogens is 254 g/mol. The van der Waals surface area contributed by atoms with E-state index in [0.29, 0.717) is 10.9 Å². The number of quaternary nitrogens is 1. The number of carboxylic acid groups (broad SMARTS) is 1. The number of rotatable bonds is 10. The summed E-state index contributed by atoms with van der Waals surface area (Å²) in [5, 5.41) is 17.5. The van der Waals surface area contributed by atoms with E-state index in [-0.39, 0.29) is 6.23 Å². The van der Waals surface area contributed by atoms with Crippen LogP contribution in [-0.2, 0) is 4.79 Å². The van der Waals surface area contributed by atoms with Gasteiger partial charge >= 0.3 is 5.97 Å². The molecule has 0 aliphatic carbocycles. The minimum atomic E-state index is -0.663. The maximum absolute atomic E-state index is 10.1. The van der Waals surface area contributed by atoms with Gasteiger partial charge in [-0.2, -0.15) is 0 Å². The van der Waals surface area contributed by atoms with Gasteiger partial charge in [0.15, 0.2) is 6.23 Å². The first-order valence-electron chi connectivity index (χ1n) is 7.96. The predicted octanol–water partition coefficient (Wildman–Crippen LogP) is 3.63. The van der Waals surface area contributed by atoms with Gasteiger partial charge < -0.3 is 14.7 Å². The number of aliphatic hydroxyl groups excluding tert-OH is 1. The zero-order valence-electron chi connectivity index (χ0n) is 14.2. The zero-order valence-corrected chi connectivity index (χ0v) is 14.2. The molecule has 1 unspecified atom stereocenters. The minimum Gasteiger partial charge on any atom is -0.481 e. The van der Waals surface area contributed by atoms with E-state index in [1.807, 2.05) is 28.1 Å². The summed E-state index contributed by atoms with van der Waals surface area (Å²) in [4.78, 5) is 10.1. The van der Waals surface area contributed by atoms with Gasteiger partial charge in [-0.3, -0.25) is 4.79 Å². The number of unbranched alkanes of at least 4 members (excludes halogenated alkanes) is 6. The lowest BCUT2D eigenvalue weighted by molar-refractivity contribution is -0.918. The molecule has 0 heterocycles. The molecule has 122 valence electrons. The Morgan fingerprint density at radius 3 is 1.70 bits per heavy atom. The first-order chi connectivity index (χ1) is 9.25. The summed E-state index contributed by atoms with van der Waals surface area (Å²) >= 11 is 0. The Balaban J connectivity index is 0. The Hall–Kier alpha value is -0.610. The third-order valence-electron chi connectivity index (χ3n) is 3.25. The average molecular weight is 290 g/mol. The number of carboxylic acids is 1. The smallest absolute Gasteiger partial charge is 0.303 e. The molecule has 0 amide bonds. The molecule has 0 spiro atoms. The number of carbonyl (C=O) groups is 1. The van der Waals surface area contributed by atoms with Crippen LogP contribution < -0.4 is 0 Å². The van der Waals surface area contributed by atoms with E-state index in [1.54, 1.807) is 0 Å². The second-order valence-electron chi connectivity index (χ2n) is 6.27. The molecule has 0 aromatic rings. The fraction of sp³-hybridized carbons (Fsp3) is 0.938. The number of nitrogens with zero attached hydrogens (tertiary/aromatic N) is 1. The van der Waals surface area contributed by atoms with Gasteiger partial charge in [0.05, 0.1) is 21.1 Å². The molecule has 0 aromatic heterocycles. The average Bonchev–Trinajstić information content (AvgIpc) is 2.36. The molecule has 0 rings (SSSR count). The summed E-state index contributed by atoms with van der Waals surface area (Å²) in [6.07, 6.45) is 9.25. The van der Waals surface area contributed by atoms with Crippen molar-refractivity contribution in [2.45, 2.75) is 77.9 Å². The summed E-state index contributed by atoms with van der Waals surface area (Å²) in [7, 11) is 5.94. The van der Waals surface area contributed by atoms with Gasteiger partial charge in [-0.25, -0.2) is 0 Å². The van der Waals surface area contributed by atoms with Crippen molar-refractivity contribution in [3.8, 4) is 0 Å². The van der Waals surface area contributed by atoms with Crippen LogP contribution in [0, 0.1) is 0 Å². The van der Waals surface area contributed by atoms with E-state index in [4.69, 9.17) is 10.2 Å². The molecule has 0 aliphatic rings. The second-order valence-corrected chi connectivity index (χ2v) is 6.27. The molecule has 20 heavy (non-hydrogen) atoms. The zero-order chi connectivity index (χ0) is 16.0. The lowest BCUT2D eigenvalue weighted by Crippen LogP contribution is -2.44. The largest absolute Gasteiger partial charge is 0.481 e. The Labute approximate surface area is 125 Å². The molecule has 0 bridgehead atoms. The van der Waals surface area contributed by atoms with Crippen molar-refractivity contribution in [1.29, 1.82) is 0 Å². The molecule has 0 fully saturated rings. The number of hydrogen-bond donors (Lipinski definition) is 2. The van der Waals surface area contributed by atoms with Gasteiger partial charge in [-0.15, -0.1) is 0 Å². The first kappa shape index (κ1) is 21.7. The molecule has 4 nitrogen and oxygen atoms in total. The summed E-state index contributed by atoms with van der Waals surface area (Å²) in [5.74, 6) is -0.663. The van der Waals surface area contributed by atoms with Gasteiger partial charge in [0, 0.05) is 12.8 Å². The Bertz CT molecular complexity index is 224. The van der Waals surface area contributed by atoms with Crippen molar-refractivity contribution >= 4 is 5.97 Å². The van der Waals surface area contributed by atoms with Crippen molar-refractivity contribution < 1.29 is 19.5 Å². The molecular formula is C16H36NO3+. The van der Waals surface area contributed by atoms with Crippen LogP contribution in [0.25, 0.3) is 0 Å². The van der Waals surface area contributed by atoms with Gasteiger partial charge in [-0.1, -0.05) is 52.4 Å². The Kier molecular flexibility index (Phi) is 14.5. The third-order valence-corrected chi connectivity index (χ3v) is 3.25. The summed E-state index contributed by atoms with van der Waals surface area (Å²) in [6, 6.07) is 0. The number of aliphatic carboxylic acids is 1. The molecule has 2 N–H and O–H groups in total. The topological polar surface area (TPSA) is 57.5 Å². The lowest BCUT2D eigenvalue weighted by atomic mass is 10.1. The van der Waals surface area contributed by atoms with E-state index < -0.39 is 5.97 Å². The number of aliphatic hydroxyl groups is 1. The van der Waals surface area contributed by atoms with Crippen LogP contribution in [0.3, 0.4) is 0 Å². The van der Waals surface area contributed by atoms with Gasteiger partial charge in [0.1, 0.15) is 0 Å². The molecule has 0 radical (unpaired) electrons. The minimum absolute atomic E-state index is 0.213. The quantitative estimate of drug-likeness (QED) is 0.367. The maximum atomic E-state index is 10.1. The van der Waals surface area contributed by atoms with Crippen LogP contribution in [-0.4, -0.2) is 48.0 Å². The second kappa shape index (κ2) is 13.4. The monoisotopic (exact) mass is 290 g/mol. The first-order valence-corrected chi connectivity index (χ1v) is 7.96. The number of hydrogen-bond acceptors (Lipinski definition) is 2. The summed E-state index contributed by atoms with van der Waals surface area (Å²) < 4.78 is 0.635. The summed E-state index contributed by atoms with van der Waals surface area (Å²) in [6.45, 7) is 4.18. The third kappa shape index (κ3) is 17.4. The molecule has 1 atom stereocenters. The highest BCUT2D eigenvalue weighted by molar-refractivity contribution is 5.66. The SMILES string of the molecule is CCC(O)[N+](C)(C)C.CCCCCCCCCC(=O)O. The molecule has 0 aliphatic heterocycles. The van der Waals surface area contributed by atoms with Crippen LogP contribution in [0.4, 0.5) is 0 Å². The van der Waals surface area contributed by atoms with E-state index in [1.165, 1.54) is 32.1 Å². The van der Waals surface area contributed by atoms with Gasteiger partial charge in [-0.05, 0) is 6.42 Å². The molecule has 0 saturated heterocycles. The molecule has 0 saturated carbocycles. The normalized spacial score (nSPS) is 12.5. The van der Waals surface area contributed by atoms with E-state index in [0.717, 1.165) is 19.3 Å². The highest BCUT2D eigenvalue weighted by Gasteiger charge is 2.16. The lowest BCUT2D eigenvalue weighted by Gasteiger charge is -2.28. The highest BCUT2D eigenvalue weighted by Crippen LogP contribution is 2.07. The Morgan fingerprint density at radius 1 is 0.950 bits per heavy atom. The highest BCUT2D eigenvalue weighted by atomic mass is 16.4. The van der Waals surface area contributed by atoms with Crippen molar-refractivity contribution in [3.63, 3.8) is 0 Å². The molecule has 4 heteroatoms.